The second kappa shape index (κ2) is 6.58. The van der Waals surface area contributed by atoms with Crippen LogP contribution in [0.25, 0.3) is 0 Å². The quantitative estimate of drug-likeness (QED) is 0.680. The summed E-state index contributed by atoms with van der Waals surface area (Å²) in [5.41, 5.74) is 1.15. The Kier molecular flexibility index (Phi) is 5.40. The summed E-state index contributed by atoms with van der Waals surface area (Å²) in [4.78, 5) is 0. The number of rotatable bonds is 7. The first-order chi connectivity index (χ1) is 8.01. The Morgan fingerprint density at radius 1 is 1.35 bits per heavy atom. The monoisotopic (exact) mass is 258 g/mol. The van der Waals surface area contributed by atoms with Gasteiger partial charge in [0.05, 0.1) is 12.9 Å². The summed E-state index contributed by atoms with van der Waals surface area (Å²) in [7, 11) is -1.73. The molecule has 0 heterocycles. The van der Waals surface area contributed by atoms with Gasteiger partial charge in [-0.1, -0.05) is 12.1 Å². The van der Waals surface area contributed by atoms with Gasteiger partial charge in [-0.15, -0.1) is 0 Å². The zero-order valence-electron chi connectivity index (χ0n) is 9.85. The Morgan fingerprint density at radius 3 is 2.76 bits per heavy atom. The lowest BCUT2D eigenvalue weighted by molar-refractivity contribution is 0.414. The highest BCUT2D eigenvalue weighted by Crippen LogP contribution is 2.12. The Morgan fingerprint density at radius 2 is 2.12 bits per heavy atom. The molecule has 96 valence electrons. The van der Waals surface area contributed by atoms with Crippen molar-refractivity contribution >= 4 is 10.0 Å². The van der Waals surface area contributed by atoms with Crippen molar-refractivity contribution in [3.63, 3.8) is 0 Å². The van der Waals surface area contributed by atoms with E-state index in [1.54, 1.807) is 7.11 Å². The molecule has 0 fully saturated rings. The first-order valence-corrected chi connectivity index (χ1v) is 7.07. The third-order valence-electron chi connectivity index (χ3n) is 2.29. The van der Waals surface area contributed by atoms with Gasteiger partial charge in [0.15, 0.2) is 0 Å². The summed E-state index contributed by atoms with van der Waals surface area (Å²) >= 11 is 0. The van der Waals surface area contributed by atoms with Crippen molar-refractivity contribution in [2.45, 2.75) is 6.42 Å². The lowest BCUT2D eigenvalue weighted by atomic mass is 10.1. The van der Waals surface area contributed by atoms with Gasteiger partial charge >= 0.3 is 0 Å². The maximum Gasteiger partial charge on any atom is 0.210 e. The van der Waals surface area contributed by atoms with Gasteiger partial charge in [0.25, 0.3) is 0 Å². The minimum Gasteiger partial charge on any atom is -0.497 e. The van der Waals surface area contributed by atoms with Gasteiger partial charge < -0.3 is 10.1 Å². The van der Waals surface area contributed by atoms with Crippen LogP contribution in [-0.2, 0) is 16.4 Å². The van der Waals surface area contributed by atoms with Gasteiger partial charge in [0.2, 0.25) is 10.0 Å². The third kappa shape index (κ3) is 6.25. The molecule has 6 heteroatoms. The average molecular weight is 258 g/mol. The molecule has 0 aliphatic heterocycles. The van der Waals surface area contributed by atoms with Crippen LogP contribution < -0.4 is 15.2 Å². The third-order valence-corrected chi connectivity index (χ3v) is 3.06. The van der Waals surface area contributed by atoms with Gasteiger partial charge in [-0.3, -0.25) is 0 Å². The lowest BCUT2D eigenvalue weighted by Crippen LogP contribution is -2.28. The van der Waals surface area contributed by atoms with Crippen LogP contribution in [0.2, 0.25) is 0 Å². The van der Waals surface area contributed by atoms with Gasteiger partial charge in [-0.25, -0.2) is 13.6 Å². The summed E-state index contributed by atoms with van der Waals surface area (Å²) in [6, 6.07) is 7.78. The highest BCUT2D eigenvalue weighted by molar-refractivity contribution is 7.89. The van der Waals surface area contributed by atoms with Crippen molar-refractivity contribution < 1.29 is 13.2 Å². The first kappa shape index (κ1) is 14.0. The normalized spacial score (nSPS) is 11.4. The summed E-state index contributed by atoms with van der Waals surface area (Å²) in [6.07, 6.45) is 0.821. The van der Waals surface area contributed by atoms with Crippen LogP contribution in [0.1, 0.15) is 5.56 Å². The van der Waals surface area contributed by atoms with Crippen LogP contribution in [0.15, 0.2) is 24.3 Å². The molecule has 1 rings (SSSR count). The van der Waals surface area contributed by atoms with E-state index in [1.165, 1.54) is 0 Å². The van der Waals surface area contributed by atoms with Crippen molar-refractivity contribution in [2.24, 2.45) is 5.14 Å². The highest BCUT2D eigenvalue weighted by atomic mass is 32.2. The van der Waals surface area contributed by atoms with Gasteiger partial charge in [0, 0.05) is 6.54 Å². The molecule has 0 aliphatic rings. The minimum atomic E-state index is -3.36. The molecule has 5 nitrogen and oxygen atoms in total. The highest BCUT2D eigenvalue weighted by Gasteiger charge is 2.01. The summed E-state index contributed by atoms with van der Waals surface area (Å²) in [5.74, 6) is 0.789. The summed E-state index contributed by atoms with van der Waals surface area (Å²) < 4.78 is 26.4. The van der Waals surface area contributed by atoms with Gasteiger partial charge in [-0.2, -0.15) is 0 Å². The Labute approximate surface area is 102 Å². The van der Waals surface area contributed by atoms with Crippen molar-refractivity contribution in [2.75, 3.05) is 26.0 Å². The van der Waals surface area contributed by atoms with E-state index in [1.807, 2.05) is 24.3 Å². The first-order valence-electron chi connectivity index (χ1n) is 5.35. The molecule has 0 amide bonds. The standard InChI is InChI=1S/C11H18N2O3S/c1-16-11-4-2-3-10(9-11)5-6-13-7-8-17(12,14)15/h2-4,9,13H,5-8H2,1H3,(H2,12,14,15). The largest absolute Gasteiger partial charge is 0.497 e. The van der Waals surface area contributed by atoms with Crippen molar-refractivity contribution in [3.05, 3.63) is 29.8 Å². The zero-order chi connectivity index (χ0) is 12.7. The molecular weight excluding hydrogens is 240 g/mol. The number of methoxy groups -OCH3 is 1. The van der Waals surface area contributed by atoms with Crippen LogP contribution in [0.4, 0.5) is 0 Å². The van der Waals surface area contributed by atoms with E-state index in [-0.39, 0.29) is 5.75 Å². The molecule has 0 atom stereocenters. The molecule has 0 saturated heterocycles. The Hall–Kier alpha value is -1.11. The second-order valence-electron chi connectivity index (χ2n) is 3.72. The number of hydrogen-bond donors (Lipinski definition) is 2. The number of primary sulfonamides is 1. The zero-order valence-corrected chi connectivity index (χ0v) is 10.7. The van der Waals surface area contributed by atoms with Gasteiger partial charge in [-0.05, 0) is 30.7 Å². The van der Waals surface area contributed by atoms with Crippen molar-refractivity contribution in [1.82, 2.24) is 5.32 Å². The predicted octanol–water partition coefficient (Wildman–Crippen LogP) is 0.116. The van der Waals surface area contributed by atoms with Crippen LogP contribution in [0.3, 0.4) is 0 Å². The van der Waals surface area contributed by atoms with E-state index in [0.29, 0.717) is 13.1 Å². The molecule has 0 spiro atoms. The molecule has 0 aromatic heterocycles. The molecule has 3 N–H and O–H groups in total. The second-order valence-corrected chi connectivity index (χ2v) is 5.45. The van der Waals surface area contributed by atoms with Crippen molar-refractivity contribution in [3.8, 4) is 5.75 Å². The smallest absolute Gasteiger partial charge is 0.210 e. The Bertz CT molecular complexity index is 446. The molecule has 0 bridgehead atoms. The predicted molar refractivity (Wildman–Crippen MR) is 67.5 cm³/mol. The van der Waals surface area contributed by atoms with Crippen LogP contribution in [0, 0.1) is 0 Å². The molecule has 0 saturated carbocycles. The number of ether oxygens (including phenoxy) is 1. The van der Waals surface area contributed by atoms with E-state index >= 15 is 0 Å². The topological polar surface area (TPSA) is 81.4 Å². The molecule has 17 heavy (non-hydrogen) atoms. The van der Waals surface area contributed by atoms with E-state index in [0.717, 1.165) is 17.7 Å². The fourth-order valence-corrected chi connectivity index (χ4v) is 1.83. The molecule has 1 aromatic rings. The summed E-state index contributed by atoms with van der Waals surface area (Å²) in [6.45, 7) is 1.09. The average Bonchev–Trinajstić information content (AvgIpc) is 2.27. The molecule has 0 aliphatic carbocycles. The maximum absolute atomic E-state index is 10.7. The van der Waals surface area contributed by atoms with E-state index < -0.39 is 10.0 Å². The molecule has 0 unspecified atom stereocenters. The molecule has 0 radical (unpaired) electrons. The van der Waals surface area contributed by atoms with E-state index in [9.17, 15) is 8.42 Å². The number of benzene rings is 1. The summed E-state index contributed by atoms with van der Waals surface area (Å²) in [5, 5.41) is 7.91. The minimum absolute atomic E-state index is 0.0366. The van der Waals surface area contributed by atoms with E-state index in [2.05, 4.69) is 5.32 Å². The number of hydrogen-bond acceptors (Lipinski definition) is 4. The van der Waals surface area contributed by atoms with Crippen LogP contribution >= 0.6 is 0 Å². The SMILES string of the molecule is COc1cccc(CCNCCS(N)(=O)=O)c1. The van der Waals surface area contributed by atoms with Crippen LogP contribution in [-0.4, -0.2) is 34.4 Å². The maximum atomic E-state index is 10.7. The lowest BCUT2D eigenvalue weighted by Gasteiger charge is -2.05. The fraction of sp³-hybridized carbons (Fsp3) is 0.455. The number of sulfonamides is 1. The van der Waals surface area contributed by atoms with Gasteiger partial charge in [0.1, 0.15) is 5.75 Å². The van der Waals surface area contributed by atoms with Crippen molar-refractivity contribution in [1.29, 1.82) is 0 Å². The molecule has 1 aromatic carbocycles. The van der Waals surface area contributed by atoms with E-state index in [4.69, 9.17) is 9.88 Å². The molecular formula is C11H18N2O3S. The fourth-order valence-electron chi connectivity index (χ4n) is 1.40. The Balaban J connectivity index is 2.26. The van der Waals surface area contributed by atoms with Crippen LogP contribution in [0.5, 0.6) is 5.75 Å². The number of nitrogens with one attached hydrogen (secondary N) is 1. The number of nitrogens with two attached hydrogens (primary N) is 1.